The molecule has 9 nitrogen and oxygen atoms in total. The van der Waals surface area contributed by atoms with E-state index in [9.17, 15) is 18.3 Å². The first-order valence-electron chi connectivity index (χ1n) is 10.1. The van der Waals surface area contributed by atoms with Gasteiger partial charge < -0.3 is 15.2 Å². The Kier molecular flexibility index (Phi) is 7.38. The average molecular weight is 505 g/mol. The predicted octanol–water partition coefficient (Wildman–Crippen LogP) is 2.73. The molecular weight excluding hydrogens is 479 g/mol. The minimum Gasteiger partial charge on any atom is -0.496 e. The van der Waals surface area contributed by atoms with Gasteiger partial charge in [-0.05, 0) is 32.6 Å². The maximum atomic E-state index is 12.8. The number of amides is 1. The van der Waals surface area contributed by atoms with E-state index in [1.165, 1.54) is 19.6 Å². The number of hydrogen-bond acceptors (Lipinski definition) is 7. The second kappa shape index (κ2) is 9.54. The van der Waals surface area contributed by atoms with Crippen LogP contribution in [0.25, 0.3) is 11.3 Å². The lowest BCUT2D eigenvalue weighted by Gasteiger charge is -2.35. The Balaban J connectivity index is 1.79. The number of halogens is 2. The zero-order valence-corrected chi connectivity index (χ0v) is 20.4. The van der Waals surface area contributed by atoms with E-state index in [1.54, 1.807) is 10.7 Å². The minimum absolute atomic E-state index is 0.00828. The number of hydrogen-bond donors (Lipinski definition) is 2. The van der Waals surface area contributed by atoms with Crippen molar-refractivity contribution in [1.29, 1.82) is 0 Å². The van der Waals surface area contributed by atoms with Crippen molar-refractivity contribution in [2.75, 3.05) is 19.9 Å². The van der Waals surface area contributed by atoms with E-state index in [-0.39, 0.29) is 35.3 Å². The number of methoxy groups -OCH3 is 1. The lowest BCUT2D eigenvalue weighted by molar-refractivity contribution is 0.00606. The van der Waals surface area contributed by atoms with Crippen molar-refractivity contribution in [1.82, 2.24) is 20.1 Å². The molecule has 0 radical (unpaired) electrons. The van der Waals surface area contributed by atoms with E-state index in [0.717, 1.165) is 0 Å². The average Bonchev–Trinajstić information content (AvgIpc) is 3.08. The van der Waals surface area contributed by atoms with Crippen molar-refractivity contribution in [2.24, 2.45) is 0 Å². The molecule has 176 valence electrons. The molecule has 1 saturated carbocycles. The molecule has 1 fully saturated rings. The Morgan fingerprint density at radius 2 is 2.03 bits per heavy atom. The van der Waals surface area contributed by atoms with Crippen LogP contribution in [0.4, 0.5) is 0 Å². The summed E-state index contributed by atoms with van der Waals surface area (Å²) in [5.41, 5.74) is -0.169. The minimum atomic E-state index is -3.15. The zero-order valence-electron chi connectivity index (χ0n) is 18.1. The summed E-state index contributed by atoms with van der Waals surface area (Å²) in [7, 11) is -1.66. The van der Waals surface area contributed by atoms with Crippen LogP contribution in [-0.2, 0) is 16.4 Å². The molecule has 1 amide bonds. The summed E-state index contributed by atoms with van der Waals surface area (Å²) in [6.45, 7) is 2.26. The first-order chi connectivity index (χ1) is 15.0. The van der Waals surface area contributed by atoms with Gasteiger partial charge in [-0.1, -0.05) is 23.2 Å². The summed E-state index contributed by atoms with van der Waals surface area (Å²) in [5, 5.41) is 17.7. The molecule has 0 unspecified atom stereocenters. The van der Waals surface area contributed by atoms with Crippen LogP contribution in [0.3, 0.4) is 0 Å². The van der Waals surface area contributed by atoms with Gasteiger partial charge in [0.1, 0.15) is 20.7 Å². The fourth-order valence-corrected chi connectivity index (χ4v) is 5.46. The molecule has 1 aliphatic carbocycles. The SMILES string of the molecule is CCn1nc(C(=O)NC[C@]2(O)CC[C@@H](S(C)(=O)=O)CC2)c(Cl)c1-c1cnc(Cl)cc1OC. The molecule has 0 aromatic carbocycles. The molecule has 32 heavy (non-hydrogen) atoms. The molecule has 2 heterocycles. The molecule has 2 aromatic rings. The Labute approximate surface area is 197 Å². The normalized spacial score (nSPS) is 21.4. The van der Waals surface area contributed by atoms with Crippen molar-refractivity contribution < 1.29 is 23.1 Å². The summed E-state index contributed by atoms with van der Waals surface area (Å²) in [6.07, 6.45) is 3.97. The molecular formula is C20H26Cl2N4O5S. The van der Waals surface area contributed by atoms with Crippen LogP contribution in [-0.4, -0.2) is 65.0 Å². The number of aryl methyl sites for hydroxylation is 1. The molecule has 12 heteroatoms. The topological polar surface area (TPSA) is 123 Å². The van der Waals surface area contributed by atoms with Crippen LogP contribution in [0.2, 0.25) is 10.2 Å². The van der Waals surface area contributed by atoms with Crippen LogP contribution in [0, 0.1) is 0 Å². The van der Waals surface area contributed by atoms with Gasteiger partial charge in [-0.3, -0.25) is 9.48 Å². The van der Waals surface area contributed by atoms with Gasteiger partial charge in [-0.2, -0.15) is 5.10 Å². The number of sulfone groups is 1. The van der Waals surface area contributed by atoms with Crippen LogP contribution in [0.15, 0.2) is 12.3 Å². The molecule has 1 aliphatic rings. The third-order valence-corrected chi connectivity index (χ3v) is 8.01. The Morgan fingerprint density at radius 3 is 2.59 bits per heavy atom. The summed E-state index contributed by atoms with van der Waals surface area (Å²) >= 11 is 12.5. The second-order valence-electron chi connectivity index (χ2n) is 7.97. The summed E-state index contributed by atoms with van der Waals surface area (Å²) in [5.74, 6) is -0.103. The van der Waals surface area contributed by atoms with Gasteiger partial charge in [0, 0.05) is 31.6 Å². The standard InChI is InChI=1S/C20H26Cl2N4O5S/c1-4-26-18(13-10-23-15(21)9-14(13)31-2)16(22)17(25-26)19(27)24-11-20(28)7-5-12(6-8-20)32(3,29)30/h9-10,12,28H,4-8,11H2,1-3H3,(H,24,27)/t12-,20+. The largest absolute Gasteiger partial charge is 0.496 e. The highest BCUT2D eigenvalue weighted by Gasteiger charge is 2.37. The number of aliphatic hydroxyl groups is 1. The van der Waals surface area contributed by atoms with Crippen molar-refractivity contribution in [3.8, 4) is 17.0 Å². The van der Waals surface area contributed by atoms with Gasteiger partial charge in [-0.25, -0.2) is 13.4 Å². The monoisotopic (exact) mass is 504 g/mol. The maximum Gasteiger partial charge on any atom is 0.273 e. The van der Waals surface area contributed by atoms with Crippen molar-refractivity contribution in [2.45, 2.75) is 50.0 Å². The lowest BCUT2D eigenvalue weighted by Crippen LogP contribution is -2.47. The number of pyridine rings is 1. The smallest absolute Gasteiger partial charge is 0.273 e. The number of carbonyl (C=O) groups excluding carboxylic acids is 1. The Hall–Kier alpha value is -1.88. The maximum absolute atomic E-state index is 12.8. The Morgan fingerprint density at radius 1 is 1.38 bits per heavy atom. The van der Waals surface area contributed by atoms with E-state index in [0.29, 0.717) is 36.4 Å². The van der Waals surface area contributed by atoms with Crippen LogP contribution in [0.1, 0.15) is 43.1 Å². The molecule has 0 bridgehead atoms. The highest BCUT2D eigenvalue weighted by atomic mass is 35.5. The summed E-state index contributed by atoms with van der Waals surface area (Å²) < 4.78 is 30.4. The number of rotatable bonds is 7. The third kappa shape index (κ3) is 5.19. The lowest BCUT2D eigenvalue weighted by atomic mass is 9.84. The number of nitrogens with one attached hydrogen (secondary N) is 1. The van der Waals surface area contributed by atoms with Crippen molar-refractivity contribution in [3.05, 3.63) is 28.1 Å². The van der Waals surface area contributed by atoms with Gasteiger partial charge in [0.15, 0.2) is 5.69 Å². The van der Waals surface area contributed by atoms with Crippen molar-refractivity contribution in [3.63, 3.8) is 0 Å². The number of nitrogens with zero attached hydrogens (tertiary/aromatic N) is 3. The molecule has 0 atom stereocenters. The summed E-state index contributed by atoms with van der Waals surface area (Å²) in [6, 6.07) is 1.54. The molecule has 0 saturated heterocycles. The van der Waals surface area contributed by atoms with E-state index >= 15 is 0 Å². The highest BCUT2D eigenvalue weighted by Crippen LogP contribution is 2.37. The van der Waals surface area contributed by atoms with Gasteiger partial charge in [-0.15, -0.1) is 0 Å². The molecule has 0 aliphatic heterocycles. The predicted molar refractivity (Wildman–Crippen MR) is 122 cm³/mol. The zero-order chi connectivity index (χ0) is 23.7. The van der Waals surface area contributed by atoms with E-state index in [2.05, 4.69) is 15.4 Å². The molecule has 2 N–H and O–H groups in total. The van der Waals surface area contributed by atoms with Crippen LogP contribution >= 0.6 is 23.2 Å². The van der Waals surface area contributed by atoms with Crippen LogP contribution in [0.5, 0.6) is 5.75 Å². The molecule has 3 rings (SSSR count). The van der Waals surface area contributed by atoms with Crippen molar-refractivity contribution >= 4 is 38.9 Å². The second-order valence-corrected chi connectivity index (χ2v) is 11.1. The fourth-order valence-electron chi connectivity index (χ4n) is 3.89. The fraction of sp³-hybridized carbons (Fsp3) is 0.550. The first kappa shape index (κ1) is 24.8. The van der Waals surface area contributed by atoms with E-state index < -0.39 is 26.6 Å². The van der Waals surface area contributed by atoms with Gasteiger partial charge in [0.05, 0.1) is 34.2 Å². The summed E-state index contributed by atoms with van der Waals surface area (Å²) in [4.78, 5) is 16.9. The van der Waals surface area contributed by atoms with Gasteiger partial charge in [0.25, 0.3) is 5.91 Å². The van der Waals surface area contributed by atoms with E-state index in [1.807, 2.05) is 6.92 Å². The Bertz CT molecular complexity index is 1110. The molecule has 0 spiro atoms. The first-order valence-corrected chi connectivity index (χ1v) is 12.9. The number of carbonyl (C=O) groups is 1. The van der Waals surface area contributed by atoms with E-state index in [4.69, 9.17) is 27.9 Å². The van der Waals surface area contributed by atoms with Gasteiger partial charge in [0.2, 0.25) is 0 Å². The number of ether oxygens (including phenoxy) is 1. The van der Waals surface area contributed by atoms with Crippen LogP contribution < -0.4 is 10.1 Å². The number of aromatic nitrogens is 3. The quantitative estimate of drug-likeness (QED) is 0.555. The molecule has 2 aromatic heterocycles. The van der Waals surface area contributed by atoms with Gasteiger partial charge >= 0.3 is 0 Å². The third-order valence-electron chi connectivity index (χ3n) is 5.76. The highest BCUT2D eigenvalue weighted by molar-refractivity contribution is 7.91.